The number of ether oxygens (including phenoxy) is 2. The highest BCUT2D eigenvalue weighted by Gasteiger charge is 2.33. The third kappa shape index (κ3) is 6.98. The molecular weight excluding hydrogens is 487 g/mol. The number of hydrogen-bond donors (Lipinski definition) is 1. The third-order valence-corrected chi connectivity index (χ3v) is 5.95. The number of nitrogens with one attached hydrogen (secondary N) is 1. The Balaban J connectivity index is 1.69. The first-order chi connectivity index (χ1) is 16.6. The zero-order valence-corrected chi connectivity index (χ0v) is 20.5. The van der Waals surface area contributed by atoms with E-state index in [0.29, 0.717) is 50.4 Å². The molecule has 2 heterocycles. The molecule has 1 aliphatic rings. The number of nitrogens with zero attached hydrogens (tertiary/aromatic N) is 2. The molecule has 0 spiro atoms. The topological polar surface area (TPSA) is 82.5 Å². The molecule has 2 aromatic rings. The summed E-state index contributed by atoms with van der Waals surface area (Å²) in [4.78, 5) is 25.2. The molecule has 0 saturated heterocycles. The number of halogens is 4. The van der Waals surface area contributed by atoms with Crippen molar-refractivity contribution in [2.45, 2.75) is 52.3 Å². The molecule has 1 aromatic carbocycles. The molecule has 1 amide bonds. The second-order valence-corrected chi connectivity index (χ2v) is 8.93. The van der Waals surface area contributed by atoms with Crippen LogP contribution in [0.25, 0.3) is 0 Å². The minimum absolute atomic E-state index is 0.0167. The average molecular weight is 516 g/mol. The number of esters is 1. The van der Waals surface area contributed by atoms with Crippen molar-refractivity contribution in [1.29, 1.82) is 0 Å². The summed E-state index contributed by atoms with van der Waals surface area (Å²) >= 11 is 5.70. The standard InChI is InChI=1S/C24H29ClF3N3O4/c1-3-19-21-20(6-4-10-34-11-5-9-29-22(21)32)31(30-19)13-15(2)14-35-23(33)16-7-8-17(18(25)12-16)24(26,27)28/h7-8,12,15H,3-6,9-11,13-14H2,1-2H3,(H,29,32)/t15-/m1/s1. The summed E-state index contributed by atoms with van der Waals surface area (Å²) in [5.74, 6) is -1.09. The van der Waals surface area contributed by atoms with Crippen molar-refractivity contribution in [3.63, 3.8) is 0 Å². The summed E-state index contributed by atoms with van der Waals surface area (Å²) in [6, 6.07) is 2.76. The summed E-state index contributed by atoms with van der Waals surface area (Å²) in [6.07, 6.45) is -1.91. The van der Waals surface area contributed by atoms with Crippen molar-refractivity contribution in [2.24, 2.45) is 5.92 Å². The Labute approximate surface area is 206 Å². The molecule has 0 saturated carbocycles. The normalized spacial score (nSPS) is 16.1. The van der Waals surface area contributed by atoms with Gasteiger partial charge in [0.05, 0.1) is 39.7 Å². The van der Waals surface area contributed by atoms with Crippen LogP contribution in [0.3, 0.4) is 0 Å². The quantitative estimate of drug-likeness (QED) is 0.564. The van der Waals surface area contributed by atoms with E-state index >= 15 is 0 Å². The number of alkyl halides is 3. The zero-order valence-electron chi connectivity index (χ0n) is 19.7. The van der Waals surface area contributed by atoms with Gasteiger partial charge in [0.2, 0.25) is 0 Å². The second kappa shape index (κ2) is 11.9. The second-order valence-electron chi connectivity index (χ2n) is 8.53. The number of amides is 1. The number of hydrogen-bond acceptors (Lipinski definition) is 5. The van der Waals surface area contributed by atoms with Crippen LogP contribution >= 0.6 is 11.6 Å². The minimum atomic E-state index is -4.60. The number of carbonyl (C=O) groups is 2. The summed E-state index contributed by atoms with van der Waals surface area (Å²) in [5, 5.41) is 7.02. The van der Waals surface area contributed by atoms with Crippen LogP contribution in [-0.2, 0) is 35.0 Å². The van der Waals surface area contributed by atoms with E-state index in [1.165, 1.54) is 0 Å². The molecule has 1 aromatic heterocycles. The molecule has 0 unspecified atom stereocenters. The minimum Gasteiger partial charge on any atom is -0.462 e. The number of aryl methyl sites for hydroxylation is 1. The van der Waals surface area contributed by atoms with E-state index in [0.717, 1.165) is 36.7 Å². The lowest BCUT2D eigenvalue weighted by molar-refractivity contribution is -0.137. The van der Waals surface area contributed by atoms with E-state index in [-0.39, 0.29) is 24.0 Å². The first-order valence-electron chi connectivity index (χ1n) is 11.6. The Hall–Kier alpha value is -2.59. The van der Waals surface area contributed by atoms with Gasteiger partial charge in [0.1, 0.15) is 0 Å². The maximum Gasteiger partial charge on any atom is 0.417 e. The fourth-order valence-corrected chi connectivity index (χ4v) is 4.18. The maximum atomic E-state index is 12.9. The molecule has 3 rings (SSSR count). The molecule has 1 N–H and O–H groups in total. The monoisotopic (exact) mass is 515 g/mol. The van der Waals surface area contributed by atoms with Crippen LogP contribution in [0.1, 0.15) is 64.4 Å². The highest BCUT2D eigenvalue weighted by atomic mass is 35.5. The Morgan fingerprint density at radius 2 is 2.06 bits per heavy atom. The molecule has 0 radical (unpaired) electrons. The lowest BCUT2D eigenvalue weighted by atomic mass is 10.1. The Morgan fingerprint density at radius 1 is 1.31 bits per heavy atom. The molecule has 0 aliphatic carbocycles. The Morgan fingerprint density at radius 3 is 2.74 bits per heavy atom. The van der Waals surface area contributed by atoms with Gasteiger partial charge in [-0.3, -0.25) is 9.48 Å². The van der Waals surface area contributed by atoms with E-state index in [1.807, 2.05) is 13.8 Å². The molecule has 11 heteroatoms. The zero-order chi connectivity index (χ0) is 25.6. The first-order valence-corrected chi connectivity index (χ1v) is 12.0. The maximum absolute atomic E-state index is 12.9. The summed E-state index contributed by atoms with van der Waals surface area (Å²) in [6.45, 7) is 5.92. The molecule has 192 valence electrons. The molecule has 1 aliphatic heterocycles. The number of fused-ring (bicyclic) bond motifs is 1. The van der Waals surface area contributed by atoms with Crippen molar-refractivity contribution in [2.75, 3.05) is 26.4 Å². The predicted molar refractivity (Wildman–Crippen MR) is 124 cm³/mol. The van der Waals surface area contributed by atoms with Gasteiger partial charge in [0.15, 0.2) is 0 Å². The molecule has 0 bridgehead atoms. The fourth-order valence-electron chi connectivity index (χ4n) is 3.90. The van der Waals surface area contributed by atoms with E-state index in [4.69, 9.17) is 21.1 Å². The summed E-state index contributed by atoms with van der Waals surface area (Å²) in [7, 11) is 0. The average Bonchev–Trinajstić information content (AvgIpc) is 3.13. The highest BCUT2D eigenvalue weighted by Crippen LogP contribution is 2.35. The molecular formula is C24H29ClF3N3O4. The van der Waals surface area contributed by atoms with Crippen LogP contribution < -0.4 is 5.32 Å². The van der Waals surface area contributed by atoms with Crippen molar-refractivity contribution in [3.8, 4) is 0 Å². The Kier molecular flexibility index (Phi) is 9.18. The van der Waals surface area contributed by atoms with Crippen molar-refractivity contribution in [1.82, 2.24) is 15.1 Å². The van der Waals surface area contributed by atoms with E-state index in [1.54, 1.807) is 4.68 Å². The SMILES string of the molecule is CCc1nn(C[C@@H](C)COC(=O)c2ccc(C(F)(F)F)c(Cl)c2)c2c1C(=O)NCCCOCCC2. The van der Waals surface area contributed by atoms with Gasteiger partial charge in [0.25, 0.3) is 5.91 Å². The largest absolute Gasteiger partial charge is 0.462 e. The van der Waals surface area contributed by atoms with Gasteiger partial charge >= 0.3 is 12.1 Å². The van der Waals surface area contributed by atoms with E-state index < -0.39 is 22.7 Å². The van der Waals surface area contributed by atoms with Gasteiger partial charge in [-0.1, -0.05) is 25.4 Å². The van der Waals surface area contributed by atoms with Crippen molar-refractivity contribution in [3.05, 3.63) is 51.3 Å². The number of carbonyl (C=O) groups excluding carboxylic acids is 2. The molecule has 35 heavy (non-hydrogen) atoms. The molecule has 1 atom stereocenters. The highest BCUT2D eigenvalue weighted by molar-refractivity contribution is 6.31. The van der Waals surface area contributed by atoms with Crippen LogP contribution in [-0.4, -0.2) is 48.0 Å². The van der Waals surface area contributed by atoms with Gasteiger partial charge in [-0.2, -0.15) is 18.3 Å². The van der Waals surface area contributed by atoms with Gasteiger partial charge in [0, 0.05) is 32.2 Å². The number of benzene rings is 1. The lowest BCUT2D eigenvalue weighted by Gasteiger charge is -2.15. The fraction of sp³-hybridized carbons (Fsp3) is 0.542. The van der Waals surface area contributed by atoms with Gasteiger partial charge in [-0.25, -0.2) is 4.79 Å². The van der Waals surface area contributed by atoms with Crippen LogP contribution in [0.4, 0.5) is 13.2 Å². The van der Waals surface area contributed by atoms with E-state index in [9.17, 15) is 22.8 Å². The predicted octanol–water partition coefficient (Wildman–Crippen LogP) is 4.69. The smallest absolute Gasteiger partial charge is 0.417 e. The molecule has 7 nitrogen and oxygen atoms in total. The number of rotatable bonds is 6. The van der Waals surface area contributed by atoms with Crippen molar-refractivity contribution < 1.29 is 32.2 Å². The van der Waals surface area contributed by atoms with Gasteiger partial charge in [-0.05, 0) is 43.9 Å². The first kappa shape index (κ1) is 27.0. The van der Waals surface area contributed by atoms with Crippen LogP contribution in [0.2, 0.25) is 5.02 Å². The van der Waals surface area contributed by atoms with Crippen LogP contribution in [0.15, 0.2) is 18.2 Å². The molecule has 0 fully saturated rings. The lowest BCUT2D eigenvalue weighted by Crippen LogP contribution is -2.27. The summed E-state index contributed by atoms with van der Waals surface area (Å²) in [5.41, 5.74) is 1.05. The Bertz CT molecular complexity index is 1060. The van der Waals surface area contributed by atoms with Crippen LogP contribution in [0, 0.1) is 5.92 Å². The van der Waals surface area contributed by atoms with Gasteiger partial charge in [-0.15, -0.1) is 0 Å². The van der Waals surface area contributed by atoms with Crippen molar-refractivity contribution >= 4 is 23.5 Å². The van der Waals surface area contributed by atoms with E-state index in [2.05, 4.69) is 10.4 Å². The summed E-state index contributed by atoms with van der Waals surface area (Å²) < 4.78 is 51.4. The number of aromatic nitrogens is 2. The van der Waals surface area contributed by atoms with Crippen LogP contribution in [0.5, 0.6) is 0 Å². The third-order valence-electron chi connectivity index (χ3n) is 5.64. The van der Waals surface area contributed by atoms with Gasteiger partial charge < -0.3 is 14.8 Å².